The van der Waals surface area contributed by atoms with E-state index in [4.69, 9.17) is 4.52 Å². The molecule has 4 heterocycles. The Bertz CT molecular complexity index is 749. The van der Waals surface area contributed by atoms with Crippen molar-refractivity contribution >= 4 is 5.91 Å². The number of rotatable bonds is 5. The van der Waals surface area contributed by atoms with Gasteiger partial charge >= 0.3 is 0 Å². The monoisotopic (exact) mass is 369 g/mol. The summed E-state index contributed by atoms with van der Waals surface area (Å²) >= 11 is 0. The van der Waals surface area contributed by atoms with E-state index in [9.17, 15) is 4.79 Å². The van der Waals surface area contributed by atoms with Gasteiger partial charge in [-0.2, -0.15) is 4.98 Å². The highest BCUT2D eigenvalue weighted by Gasteiger charge is 2.34. The van der Waals surface area contributed by atoms with Gasteiger partial charge in [0.05, 0.1) is 0 Å². The highest BCUT2D eigenvalue weighted by Crippen LogP contribution is 2.29. The van der Waals surface area contributed by atoms with Crippen molar-refractivity contribution in [1.29, 1.82) is 0 Å². The number of hydrogen-bond donors (Lipinski definition) is 0. The van der Waals surface area contributed by atoms with E-state index < -0.39 is 0 Å². The minimum absolute atomic E-state index is 0.197. The third kappa shape index (κ3) is 4.18. The molecule has 0 spiro atoms. The van der Waals surface area contributed by atoms with Crippen molar-refractivity contribution in [3.8, 4) is 0 Å². The van der Waals surface area contributed by atoms with Crippen LogP contribution in [0.15, 0.2) is 29.0 Å². The second-order valence-corrected chi connectivity index (χ2v) is 7.63. The Morgan fingerprint density at radius 2 is 2.04 bits per heavy atom. The first-order chi connectivity index (χ1) is 13.2. The van der Waals surface area contributed by atoms with Crippen LogP contribution in [0.5, 0.6) is 0 Å². The Labute approximate surface area is 159 Å². The molecule has 2 aromatic heterocycles. The summed E-state index contributed by atoms with van der Waals surface area (Å²) in [5, 5.41) is 4.00. The van der Waals surface area contributed by atoms with Gasteiger partial charge in [-0.1, -0.05) is 11.2 Å². The summed E-state index contributed by atoms with van der Waals surface area (Å²) < 4.78 is 5.07. The van der Waals surface area contributed by atoms with Crippen molar-refractivity contribution in [3.63, 3.8) is 0 Å². The van der Waals surface area contributed by atoms with E-state index in [0.29, 0.717) is 11.8 Å². The second kappa shape index (κ2) is 8.17. The lowest BCUT2D eigenvalue weighted by Crippen LogP contribution is -2.45. The quantitative estimate of drug-likeness (QED) is 0.806. The van der Waals surface area contributed by atoms with Gasteiger partial charge < -0.3 is 9.42 Å². The first-order valence-corrected chi connectivity index (χ1v) is 9.92. The summed E-state index contributed by atoms with van der Waals surface area (Å²) in [5.41, 5.74) is 1.01. The number of carbonyl (C=O) groups excluding carboxylic acids is 1. The highest BCUT2D eigenvalue weighted by atomic mass is 16.5. The Morgan fingerprint density at radius 3 is 2.67 bits per heavy atom. The molecule has 0 saturated carbocycles. The molecule has 1 unspecified atom stereocenters. The molecule has 0 radical (unpaired) electrons. The van der Waals surface area contributed by atoms with Gasteiger partial charge in [-0.05, 0) is 56.3 Å². The number of likely N-dealkylation sites (tertiary alicyclic amines) is 2. The average molecular weight is 369 g/mol. The topological polar surface area (TPSA) is 75.4 Å². The molecule has 1 atom stereocenters. The number of carbonyl (C=O) groups is 1. The third-order valence-corrected chi connectivity index (χ3v) is 5.71. The number of pyridine rings is 1. The van der Waals surface area contributed by atoms with Crippen molar-refractivity contribution in [2.24, 2.45) is 5.92 Å². The molecule has 2 saturated heterocycles. The van der Waals surface area contributed by atoms with Crippen LogP contribution in [0.2, 0.25) is 0 Å². The predicted molar refractivity (Wildman–Crippen MR) is 99.8 cm³/mol. The summed E-state index contributed by atoms with van der Waals surface area (Å²) in [6.07, 6.45) is 8.73. The van der Waals surface area contributed by atoms with Crippen molar-refractivity contribution < 1.29 is 9.32 Å². The fourth-order valence-electron chi connectivity index (χ4n) is 4.26. The van der Waals surface area contributed by atoms with Crippen molar-refractivity contribution in [1.82, 2.24) is 24.9 Å². The lowest BCUT2D eigenvalue weighted by atomic mass is 9.92. The van der Waals surface area contributed by atoms with Crippen LogP contribution in [-0.2, 0) is 11.2 Å². The molecule has 4 rings (SSSR count). The van der Waals surface area contributed by atoms with E-state index in [-0.39, 0.29) is 11.9 Å². The van der Waals surface area contributed by atoms with E-state index in [1.165, 1.54) is 0 Å². The van der Waals surface area contributed by atoms with E-state index in [1.807, 2.05) is 30.2 Å². The SMILES string of the molecule is Cc1nc(CC2CCN(C(=O)C(c3cccnc3)N3CCCC3)CC2)no1. The van der Waals surface area contributed by atoms with Crippen molar-refractivity contribution in [3.05, 3.63) is 41.8 Å². The van der Waals surface area contributed by atoms with Crippen LogP contribution in [0.3, 0.4) is 0 Å². The number of amides is 1. The number of hydrogen-bond acceptors (Lipinski definition) is 6. The maximum Gasteiger partial charge on any atom is 0.244 e. The molecule has 27 heavy (non-hydrogen) atoms. The van der Waals surface area contributed by atoms with Crippen LogP contribution in [0.25, 0.3) is 0 Å². The van der Waals surface area contributed by atoms with Gasteiger partial charge in [0, 0.05) is 38.8 Å². The molecule has 144 valence electrons. The number of aromatic nitrogens is 3. The number of piperidine rings is 1. The standard InChI is InChI=1S/C20H27N5O2/c1-15-22-18(23-27-15)13-16-6-11-25(12-7-16)20(26)19(24-9-2-3-10-24)17-5-4-8-21-14-17/h4-5,8,14,16,19H,2-3,6-7,9-13H2,1H3. The zero-order valence-corrected chi connectivity index (χ0v) is 15.9. The lowest BCUT2D eigenvalue weighted by molar-refractivity contribution is -0.138. The lowest BCUT2D eigenvalue weighted by Gasteiger charge is -2.36. The summed E-state index contributed by atoms with van der Waals surface area (Å²) in [7, 11) is 0. The molecule has 0 N–H and O–H groups in total. The first kappa shape index (κ1) is 18.1. The molecule has 1 amide bonds. The third-order valence-electron chi connectivity index (χ3n) is 5.71. The van der Waals surface area contributed by atoms with Crippen LogP contribution in [0, 0.1) is 12.8 Å². The normalized spacial score (nSPS) is 20.1. The molecule has 7 nitrogen and oxygen atoms in total. The second-order valence-electron chi connectivity index (χ2n) is 7.63. The number of aryl methyl sites for hydroxylation is 1. The maximum atomic E-state index is 13.4. The van der Waals surface area contributed by atoms with Gasteiger partial charge in [0.15, 0.2) is 5.82 Å². The fourth-order valence-corrected chi connectivity index (χ4v) is 4.26. The van der Waals surface area contributed by atoms with Crippen LogP contribution in [0.4, 0.5) is 0 Å². The minimum atomic E-state index is -0.197. The van der Waals surface area contributed by atoms with Gasteiger partial charge in [0.25, 0.3) is 0 Å². The highest BCUT2D eigenvalue weighted by molar-refractivity contribution is 5.83. The van der Waals surface area contributed by atoms with Crippen LogP contribution in [0.1, 0.15) is 49.0 Å². The largest absolute Gasteiger partial charge is 0.341 e. The zero-order chi connectivity index (χ0) is 18.6. The van der Waals surface area contributed by atoms with Gasteiger partial charge in [-0.3, -0.25) is 14.7 Å². The van der Waals surface area contributed by atoms with Crippen LogP contribution in [-0.4, -0.2) is 57.0 Å². The molecule has 0 aliphatic carbocycles. The van der Waals surface area contributed by atoms with E-state index >= 15 is 0 Å². The summed E-state index contributed by atoms with van der Waals surface area (Å²) in [6.45, 7) is 5.38. The van der Waals surface area contributed by atoms with Gasteiger partial charge in [-0.15, -0.1) is 0 Å². The molecule has 2 fully saturated rings. The molecule has 2 aliphatic rings. The zero-order valence-electron chi connectivity index (χ0n) is 15.9. The maximum absolute atomic E-state index is 13.4. The molecule has 2 aliphatic heterocycles. The average Bonchev–Trinajstić information content (AvgIpc) is 3.36. The fraction of sp³-hybridized carbons (Fsp3) is 0.600. The molecule has 0 aromatic carbocycles. The molecule has 0 bridgehead atoms. The van der Waals surface area contributed by atoms with E-state index in [1.54, 1.807) is 6.20 Å². The molecule has 2 aromatic rings. The summed E-state index contributed by atoms with van der Waals surface area (Å²) in [4.78, 5) is 26.3. The predicted octanol–water partition coefficient (Wildman–Crippen LogP) is 2.39. The van der Waals surface area contributed by atoms with Gasteiger partial charge in [0.1, 0.15) is 6.04 Å². The van der Waals surface area contributed by atoms with Gasteiger partial charge in [0.2, 0.25) is 11.8 Å². The Balaban J connectivity index is 1.40. The van der Waals surface area contributed by atoms with Crippen molar-refractivity contribution in [2.75, 3.05) is 26.2 Å². The Hall–Kier alpha value is -2.28. The summed E-state index contributed by atoms with van der Waals surface area (Å²) in [6, 6.07) is 3.75. The molecular weight excluding hydrogens is 342 g/mol. The molecular formula is C20H27N5O2. The van der Waals surface area contributed by atoms with Gasteiger partial charge in [-0.25, -0.2) is 0 Å². The van der Waals surface area contributed by atoms with E-state index in [0.717, 1.165) is 69.7 Å². The first-order valence-electron chi connectivity index (χ1n) is 9.92. The Kier molecular flexibility index (Phi) is 5.48. The molecule has 7 heteroatoms. The minimum Gasteiger partial charge on any atom is -0.341 e. The Morgan fingerprint density at radius 1 is 1.26 bits per heavy atom. The van der Waals surface area contributed by atoms with E-state index in [2.05, 4.69) is 20.0 Å². The van der Waals surface area contributed by atoms with Crippen LogP contribution >= 0.6 is 0 Å². The van der Waals surface area contributed by atoms with Crippen LogP contribution < -0.4 is 0 Å². The summed E-state index contributed by atoms with van der Waals surface area (Å²) in [5.74, 6) is 2.12. The smallest absolute Gasteiger partial charge is 0.244 e. The number of nitrogens with zero attached hydrogens (tertiary/aromatic N) is 5. The van der Waals surface area contributed by atoms with Crippen molar-refractivity contribution in [2.45, 2.75) is 45.1 Å².